The highest BCUT2D eigenvalue weighted by molar-refractivity contribution is 9.10. The number of hydrogen-bond acceptors (Lipinski definition) is 7. The van der Waals surface area contributed by atoms with Gasteiger partial charge in [0.25, 0.3) is 5.56 Å². The molecule has 1 atom stereocenters. The molecule has 4 aromatic rings. The molecule has 1 aliphatic rings. The van der Waals surface area contributed by atoms with Crippen LogP contribution in [0.3, 0.4) is 0 Å². The SMILES string of the molecule is CCCC1=C(C(=O)OCC)[C@@H](c2cccc(OC)c2)n2c(s/c(=C\c3ccccc3OCc3ccc(Br)cc3)c2=O)=N1. The fraction of sp³-hybridized carbons (Fsp3) is 0.242. The highest BCUT2D eigenvalue weighted by Crippen LogP contribution is 2.34. The molecule has 7 nitrogen and oxygen atoms in total. The van der Waals surface area contributed by atoms with Crippen LogP contribution < -0.4 is 24.4 Å². The lowest BCUT2D eigenvalue weighted by Gasteiger charge is -2.26. The zero-order valence-electron chi connectivity index (χ0n) is 23.6. The van der Waals surface area contributed by atoms with Crippen molar-refractivity contribution < 1.29 is 19.0 Å². The number of benzene rings is 3. The summed E-state index contributed by atoms with van der Waals surface area (Å²) in [7, 11) is 1.59. The van der Waals surface area contributed by atoms with Gasteiger partial charge in [0.05, 0.1) is 35.6 Å². The van der Waals surface area contributed by atoms with Gasteiger partial charge in [-0.05, 0) is 60.9 Å². The molecule has 2 heterocycles. The number of carbonyl (C=O) groups excluding carboxylic acids is 1. The first-order chi connectivity index (χ1) is 20.4. The fourth-order valence-corrected chi connectivity index (χ4v) is 6.14. The molecule has 42 heavy (non-hydrogen) atoms. The Kier molecular flexibility index (Phi) is 9.39. The molecule has 216 valence electrons. The topological polar surface area (TPSA) is 79.1 Å². The third-order valence-electron chi connectivity index (χ3n) is 6.81. The highest BCUT2D eigenvalue weighted by atomic mass is 79.9. The molecule has 5 rings (SSSR count). The standard InChI is InChI=1S/C33H31BrN2O5S/c1-4-9-26-29(32(38)40-5-2)30(23-11-8-12-25(18-23)39-3)36-31(37)28(42-33(36)35-26)19-22-10-6-7-13-27(22)41-20-21-14-16-24(34)17-15-21/h6-8,10-19,30H,4-5,9,20H2,1-3H3/b28-19-/t30-/m1/s1. The zero-order valence-corrected chi connectivity index (χ0v) is 26.0. The number of carbonyl (C=O) groups is 1. The van der Waals surface area contributed by atoms with Gasteiger partial charge in [-0.3, -0.25) is 9.36 Å². The maximum atomic E-state index is 14.1. The Morgan fingerprint density at radius 1 is 1.07 bits per heavy atom. The van der Waals surface area contributed by atoms with Gasteiger partial charge in [0.1, 0.15) is 18.1 Å². The summed E-state index contributed by atoms with van der Waals surface area (Å²) in [4.78, 5) is 32.9. The molecule has 3 aromatic carbocycles. The maximum Gasteiger partial charge on any atom is 0.338 e. The van der Waals surface area contributed by atoms with Crippen molar-refractivity contribution in [3.05, 3.63) is 125 Å². The number of fused-ring (bicyclic) bond motifs is 1. The van der Waals surface area contributed by atoms with Crippen molar-refractivity contribution in [1.29, 1.82) is 0 Å². The second kappa shape index (κ2) is 13.4. The van der Waals surface area contributed by atoms with Crippen LogP contribution in [0, 0.1) is 0 Å². The number of aromatic nitrogens is 1. The normalized spacial score (nSPS) is 14.8. The van der Waals surface area contributed by atoms with Crippen LogP contribution in [0.5, 0.6) is 11.5 Å². The minimum Gasteiger partial charge on any atom is -0.497 e. The number of esters is 1. The molecular formula is C33H31BrN2O5S. The van der Waals surface area contributed by atoms with Crippen molar-refractivity contribution in [2.45, 2.75) is 39.3 Å². The van der Waals surface area contributed by atoms with E-state index in [9.17, 15) is 9.59 Å². The van der Waals surface area contributed by atoms with E-state index < -0.39 is 12.0 Å². The number of methoxy groups -OCH3 is 1. The smallest absolute Gasteiger partial charge is 0.338 e. The predicted molar refractivity (Wildman–Crippen MR) is 168 cm³/mol. The fourth-order valence-electron chi connectivity index (χ4n) is 4.86. The van der Waals surface area contributed by atoms with Crippen LogP contribution in [0.15, 0.2) is 98.3 Å². The second-order valence-electron chi connectivity index (χ2n) is 9.64. The monoisotopic (exact) mass is 646 g/mol. The van der Waals surface area contributed by atoms with E-state index in [4.69, 9.17) is 19.2 Å². The molecule has 0 radical (unpaired) electrons. The molecule has 1 aliphatic heterocycles. The van der Waals surface area contributed by atoms with E-state index >= 15 is 0 Å². The van der Waals surface area contributed by atoms with E-state index in [2.05, 4.69) is 15.9 Å². The Labute approximate surface area is 256 Å². The second-order valence-corrected chi connectivity index (χ2v) is 11.6. The molecule has 0 fully saturated rings. The average Bonchev–Trinajstić information content (AvgIpc) is 3.31. The number of hydrogen-bond donors (Lipinski definition) is 0. The van der Waals surface area contributed by atoms with Gasteiger partial charge in [0.15, 0.2) is 4.80 Å². The highest BCUT2D eigenvalue weighted by Gasteiger charge is 2.34. The molecule has 9 heteroatoms. The zero-order chi connectivity index (χ0) is 29.6. The summed E-state index contributed by atoms with van der Waals surface area (Å²) in [6.45, 7) is 4.41. The van der Waals surface area contributed by atoms with E-state index in [1.54, 1.807) is 18.6 Å². The van der Waals surface area contributed by atoms with Gasteiger partial charge >= 0.3 is 5.97 Å². The van der Waals surface area contributed by atoms with Gasteiger partial charge in [0.2, 0.25) is 0 Å². The molecule has 0 saturated heterocycles. The number of ether oxygens (including phenoxy) is 3. The number of halogens is 1. The van der Waals surface area contributed by atoms with Gasteiger partial charge in [-0.25, -0.2) is 9.79 Å². The Balaban J connectivity index is 1.63. The van der Waals surface area contributed by atoms with Crippen LogP contribution in [-0.4, -0.2) is 24.3 Å². The van der Waals surface area contributed by atoms with Crippen LogP contribution >= 0.6 is 27.3 Å². The number of allylic oxidation sites excluding steroid dienone is 1. The number of thiazole rings is 1. The summed E-state index contributed by atoms with van der Waals surface area (Å²) < 4.78 is 20.2. The van der Waals surface area contributed by atoms with Crippen molar-refractivity contribution >= 4 is 39.3 Å². The average molecular weight is 648 g/mol. The molecule has 0 aliphatic carbocycles. The van der Waals surface area contributed by atoms with Crippen LogP contribution in [0.2, 0.25) is 0 Å². The summed E-state index contributed by atoms with van der Waals surface area (Å²) in [6, 6.07) is 22.3. The molecule has 0 unspecified atom stereocenters. The van der Waals surface area contributed by atoms with Gasteiger partial charge in [-0.15, -0.1) is 0 Å². The molecule has 0 amide bonds. The predicted octanol–water partition coefficient (Wildman–Crippen LogP) is 5.93. The number of para-hydroxylation sites is 1. The summed E-state index contributed by atoms with van der Waals surface area (Å²) >= 11 is 4.76. The van der Waals surface area contributed by atoms with Gasteiger partial charge < -0.3 is 14.2 Å². The first-order valence-electron chi connectivity index (χ1n) is 13.8. The third kappa shape index (κ3) is 6.27. The summed E-state index contributed by atoms with van der Waals surface area (Å²) in [5, 5.41) is 0. The Morgan fingerprint density at radius 3 is 2.60 bits per heavy atom. The first-order valence-corrected chi connectivity index (χ1v) is 15.4. The Bertz CT molecular complexity index is 1810. The summed E-state index contributed by atoms with van der Waals surface area (Å²) in [6.07, 6.45) is 3.19. The van der Waals surface area contributed by atoms with Gasteiger partial charge in [0, 0.05) is 10.0 Å². The van der Waals surface area contributed by atoms with Crippen LogP contribution in [-0.2, 0) is 16.1 Å². The summed E-state index contributed by atoms with van der Waals surface area (Å²) in [5.41, 5.74) is 3.31. The van der Waals surface area contributed by atoms with E-state index in [1.165, 1.54) is 11.3 Å². The lowest BCUT2D eigenvalue weighted by molar-refractivity contribution is -0.139. The molecule has 0 N–H and O–H groups in total. The minimum atomic E-state index is -0.706. The molecular weight excluding hydrogens is 616 g/mol. The third-order valence-corrected chi connectivity index (χ3v) is 8.33. The molecule has 1 aromatic heterocycles. The molecule has 0 bridgehead atoms. The molecule has 0 spiro atoms. The lowest BCUT2D eigenvalue weighted by Crippen LogP contribution is -2.40. The van der Waals surface area contributed by atoms with Crippen LogP contribution in [0.25, 0.3) is 6.08 Å². The maximum absolute atomic E-state index is 14.1. The van der Waals surface area contributed by atoms with E-state index in [1.807, 2.05) is 85.8 Å². The van der Waals surface area contributed by atoms with Crippen molar-refractivity contribution in [2.75, 3.05) is 13.7 Å². The molecule has 0 saturated carbocycles. The van der Waals surface area contributed by atoms with Crippen molar-refractivity contribution in [2.24, 2.45) is 4.99 Å². The van der Waals surface area contributed by atoms with E-state index in [0.717, 1.165) is 27.6 Å². The first kappa shape index (κ1) is 29.5. The number of nitrogens with zero attached hydrogens (tertiary/aromatic N) is 2. The van der Waals surface area contributed by atoms with Crippen molar-refractivity contribution in [3.63, 3.8) is 0 Å². The van der Waals surface area contributed by atoms with Crippen molar-refractivity contribution in [1.82, 2.24) is 4.57 Å². The van der Waals surface area contributed by atoms with E-state index in [0.29, 0.717) is 45.1 Å². The van der Waals surface area contributed by atoms with Gasteiger partial charge in [-0.2, -0.15) is 0 Å². The minimum absolute atomic E-state index is 0.216. The van der Waals surface area contributed by atoms with Crippen molar-refractivity contribution in [3.8, 4) is 11.5 Å². The lowest BCUT2D eigenvalue weighted by atomic mass is 9.94. The van der Waals surface area contributed by atoms with Crippen LogP contribution in [0.1, 0.15) is 49.4 Å². The largest absolute Gasteiger partial charge is 0.497 e. The Hall–Kier alpha value is -3.95. The quantitative estimate of drug-likeness (QED) is 0.200. The summed E-state index contributed by atoms with van der Waals surface area (Å²) in [5.74, 6) is 0.816. The number of rotatable bonds is 10. The Morgan fingerprint density at radius 2 is 1.86 bits per heavy atom. The van der Waals surface area contributed by atoms with Gasteiger partial charge in [-0.1, -0.05) is 83.1 Å². The van der Waals surface area contributed by atoms with E-state index in [-0.39, 0.29) is 12.2 Å². The van der Waals surface area contributed by atoms with Crippen LogP contribution in [0.4, 0.5) is 0 Å².